The first kappa shape index (κ1) is 23.3. The molecule has 1 atom stereocenters. The maximum atomic E-state index is 12.6. The fourth-order valence-corrected chi connectivity index (χ4v) is 4.50. The van der Waals surface area contributed by atoms with Gasteiger partial charge < -0.3 is 19.5 Å². The van der Waals surface area contributed by atoms with E-state index in [1.807, 2.05) is 0 Å². The van der Waals surface area contributed by atoms with Gasteiger partial charge in [0.25, 0.3) is 5.91 Å². The van der Waals surface area contributed by atoms with Crippen LogP contribution >= 0.6 is 11.6 Å². The van der Waals surface area contributed by atoms with Crippen molar-refractivity contribution >= 4 is 27.5 Å². The number of halogens is 1. The number of para-hydroxylation sites is 1. The zero-order valence-electron chi connectivity index (χ0n) is 17.1. The smallest absolute Gasteiger partial charge is 0.260 e. The lowest BCUT2D eigenvalue weighted by molar-refractivity contribution is -0.127. The topological polar surface area (TPSA) is 94.2 Å². The highest BCUT2D eigenvalue weighted by Gasteiger charge is 2.26. The maximum Gasteiger partial charge on any atom is 0.260 e. The molecule has 8 nitrogen and oxygen atoms in total. The van der Waals surface area contributed by atoms with Crippen LogP contribution in [-0.4, -0.2) is 64.2 Å². The number of nitrogens with one attached hydrogen (secondary N) is 1. The molecule has 1 aliphatic heterocycles. The van der Waals surface area contributed by atoms with Gasteiger partial charge in [0.1, 0.15) is 18.1 Å². The van der Waals surface area contributed by atoms with E-state index in [9.17, 15) is 13.2 Å². The van der Waals surface area contributed by atoms with E-state index in [-0.39, 0.29) is 24.0 Å². The van der Waals surface area contributed by atoms with Crippen LogP contribution in [0, 0.1) is 0 Å². The Bertz CT molecular complexity index is 978. The minimum absolute atomic E-state index is 0.209. The molecular formula is C21H25ClN2O6S. The number of rotatable bonds is 9. The van der Waals surface area contributed by atoms with Gasteiger partial charge in [0.2, 0.25) is 10.0 Å². The van der Waals surface area contributed by atoms with Crippen LogP contribution in [0.1, 0.15) is 6.92 Å². The molecule has 2 aromatic rings. The monoisotopic (exact) mass is 468 g/mol. The lowest BCUT2D eigenvalue weighted by Crippen LogP contribution is -2.40. The van der Waals surface area contributed by atoms with Crippen LogP contribution in [0.2, 0.25) is 5.02 Å². The summed E-state index contributed by atoms with van der Waals surface area (Å²) in [6.07, 6.45) is -0.718. The van der Waals surface area contributed by atoms with Crippen molar-refractivity contribution in [1.82, 2.24) is 9.62 Å². The molecule has 0 spiro atoms. The van der Waals surface area contributed by atoms with Crippen molar-refractivity contribution in [1.29, 1.82) is 0 Å². The summed E-state index contributed by atoms with van der Waals surface area (Å²) >= 11 is 6.03. The molecule has 0 radical (unpaired) electrons. The minimum atomic E-state index is -3.54. The quantitative estimate of drug-likeness (QED) is 0.567. The fourth-order valence-electron chi connectivity index (χ4n) is 2.91. The Labute approximate surface area is 187 Å². The lowest BCUT2D eigenvalue weighted by Gasteiger charge is -2.26. The Morgan fingerprint density at radius 2 is 1.84 bits per heavy atom. The van der Waals surface area contributed by atoms with E-state index in [2.05, 4.69) is 5.32 Å². The van der Waals surface area contributed by atoms with Gasteiger partial charge in [-0.25, -0.2) is 8.42 Å². The standard InChI is InChI=1S/C21H25ClN2O6S/c1-16(30-20-5-3-2-4-19(20)22)21(25)23-10-13-29-17-6-8-18(9-7-17)31(26,27)24-11-14-28-15-12-24/h2-9,16H,10-15H2,1H3,(H,23,25)/t16-/m0/s1. The second kappa shape index (κ2) is 10.8. The van der Waals surface area contributed by atoms with Crippen LogP contribution in [-0.2, 0) is 19.6 Å². The van der Waals surface area contributed by atoms with E-state index in [1.165, 1.54) is 16.4 Å². The van der Waals surface area contributed by atoms with Gasteiger partial charge >= 0.3 is 0 Å². The van der Waals surface area contributed by atoms with E-state index in [0.717, 1.165) is 0 Å². The average molecular weight is 469 g/mol. The van der Waals surface area contributed by atoms with Gasteiger partial charge in [-0.1, -0.05) is 23.7 Å². The molecule has 2 aromatic carbocycles. The molecule has 168 valence electrons. The summed E-state index contributed by atoms with van der Waals surface area (Å²) < 4.78 is 43.0. The predicted octanol–water partition coefficient (Wildman–Crippen LogP) is 2.32. The molecule has 1 aliphatic rings. The lowest BCUT2D eigenvalue weighted by atomic mass is 10.3. The maximum absolute atomic E-state index is 12.6. The second-order valence-corrected chi connectivity index (χ2v) is 9.16. The summed E-state index contributed by atoms with van der Waals surface area (Å²) in [5.41, 5.74) is 0. The van der Waals surface area contributed by atoms with Gasteiger partial charge in [-0.05, 0) is 43.3 Å². The number of carbonyl (C=O) groups excluding carboxylic acids is 1. The molecule has 10 heteroatoms. The van der Waals surface area contributed by atoms with Gasteiger partial charge in [0.15, 0.2) is 6.10 Å². The number of sulfonamides is 1. The molecule has 0 aromatic heterocycles. The normalized spacial score (nSPS) is 15.8. The largest absolute Gasteiger partial charge is 0.492 e. The first-order chi connectivity index (χ1) is 14.9. The molecule has 0 unspecified atom stereocenters. The number of ether oxygens (including phenoxy) is 3. The number of amides is 1. The molecule has 1 heterocycles. The summed E-state index contributed by atoms with van der Waals surface area (Å²) in [4.78, 5) is 12.4. The van der Waals surface area contributed by atoms with Crippen molar-refractivity contribution in [3.8, 4) is 11.5 Å². The molecule has 1 saturated heterocycles. The molecule has 1 amide bonds. The Hall–Kier alpha value is -2.33. The number of hydrogen-bond acceptors (Lipinski definition) is 6. The van der Waals surface area contributed by atoms with E-state index < -0.39 is 16.1 Å². The van der Waals surface area contributed by atoms with Crippen molar-refractivity contribution in [2.45, 2.75) is 17.9 Å². The first-order valence-electron chi connectivity index (χ1n) is 9.87. The molecule has 3 rings (SSSR count). The van der Waals surface area contributed by atoms with Crippen molar-refractivity contribution in [3.63, 3.8) is 0 Å². The van der Waals surface area contributed by atoms with Crippen LogP contribution in [0.5, 0.6) is 11.5 Å². The summed E-state index contributed by atoms with van der Waals surface area (Å²) in [5.74, 6) is 0.654. The van der Waals surface area contributed by atoms with Gasteiger partial charge in [-0.15, -0.1) is 0 Å². The van der Waals surface area contributed by atoms with Crippen molar-refractivity contribution in [2.75, 3.05) is 39.5 Å². The van der Waals surface area contributed by atoms with Crippen molar-refractivity contribution in [2.24, 2.45) is 0 Å². The Morgan fingerprint density at radius 1 is 1.16 bits per heavy atom. The second-order valence-electron chi connectivity index (χ2n) is 6.82. The van der Waals surface area contributed by atoms with Crippen LogP contribution < -0.4 is 14.8 Å². The van der Waals surface area contributed by atoms with Crippen LogP contribution in [0.25, 0.3) is 0 Å². The molecule has 1 N–H and O–H groups in total. The van der Waals surface area contributed by atoms with Gasteiger partial charge in [-0.2, -0.15) is 4.31 Å². The zero-order valence-corrected chi connectivity index (χ0v) is 18.7. The zero-order chi connectivity index (χ0) is 22.3. The Balaban J connectivity index is 1.43. The summed E-state index contributed by atoms with van der Waals surface area (Å²) in [6.45, 7) is 3.61. The van der Waals surface area contributed by atoms with Gasteiger partial charge in [-0.3, -0.25) is 4.79 Å². The minimum Gasteiger partial charge on any atom is -0.492 e. The number of morpholine rings is 1. The summed E-state index contributed by atoms with van der Waals surface area (Å²) in [5, 5.41) is 3.16. The highest BCUT2D eigenvalue weighted by Crippen LogP contribution is 2.24. The predicted molar refractivity (Wildman–Crippen MR) is 116 cm³/mol. The van der Waals surface area contributed by atoms with Gasteiger partial charge in [0, 0.05) is 13.1 Å². The SMILES string of the molecule is C[C@H](Oc1ccccc1Cl)C(=O)NCCOc1ccc(S(=O)(=O)N2CCOCC2)cc1. The average Bonchev–Trinajstić information content (AvgIpc) is 2.79. The van der Waals surface area contributed by atoms with Crippen LogP contribution in [0.4, 0.5) is 0 Å². The molecule has 0 aliphatic carbocycles. The van der Waals surface area contributed by atoms with Crippen molar-refractivity contribution in [3.05, 3.63) is 53.6 Å². The van der Waals surface area contributed by atoms with Crippen LogP contribution in [0.15, 0.2) is 53.4 Å². The summed E-state index contributed by atoms with van der Waals surface area (Å²) in [6, 6.07) is 13.1. The highest BCUT2D eigenvalue weighted by molar-refractivity contribution is 7.89. The number of benzene rings is 2. The first-order valence-corrected chi connectivity index (χ1v) is 11.7. The van der Waals surface area contributed by atoms with E-state index in [0.29, 0.717) is 42.8 Å². The molecular weight excluding hydrogens is 444 g/mol. The summed E-state index contributed by atoms with van der Waals surface area (Å²) in [7, 11) is -3.54. The van der Waals surface area contributed by atoms with E-state index in [4.69, 9.17) is 25.8 Å². The Morgan fingerprint density at radius 3 is 2.52 bits per heavy atom. The number of carbonyl (C=O) groups is 1. The highest BCUT2D eigenvalue weighted by atomic mass is 35.5. The van der Waals surface area contributed by atoms with Crippen molar-refractivity contribution < 1.29 is 27.4 Å². The molecule has 1 fully saturated rings. The van der Waals surface area contributed by atoms with E-state index >= 15 is 0 Å². The fraction of sp³-hybridized carbons (Fsp3) is 0.381. The molecule has 31 heavy (non-hydrogen) atoms. The number of nitrogens with zero attached hydrogens (tertiary/aromatic N) is 1. The third kappa shape index (κ3) is 6.33. The molecule has 0 bridgehead atoms. The third-order valence-electron chi connectivity index (χ3n) is 4.61. The number of hydrogen-bond donors (Lipinski definition) is 1. The molecule has 0 saturated carbocycles. The van der Waals surface area contributed by atoms with Crippen LogP contribution in [0.3, 0.4) is 0 Å². The van der Waals surface area contributed by atoms with E-state index in [1.54, 1.807) is 43.3 Å². The van der Waals surface area contributed by atoms with Gasteiger partial charge in [0.05, 0.1) is 29.7 Å². The Kier molecular flexibility index (Phi) is 8.14. The third-order valence-corrected chi connectivity index (χ3v) is 6.84.